The molecule has 44 heavy (non-hydrogen) atoms. The molecule has 11 heteroatoms. The molecule has 0 spiro atoms. The van der Waals surface area contributed by atoms with Gasteiger partial charge in [0, 0.05) is 22.3 Å². The quantitative estimate of drug-likeness (QED) is 0.141. The maximum Gasteiger partial charge on any atom is 0.340 e. The van der Waals surface area contributed by atoms with Crippen molar-refractivity contribution in [3.8, 4) is 0 Å². The van der Waals surface area contributed by atoms with Gasteiger partial charge in [0.15, 0.2) is 0 Å². The minimum absolute atomic E-state index is 0.0415. The summed E-state index contributed by atoms with van der Waals surface area (Å²) >= 11 is 12.4. The molecule has 0 radical (unpaired) electrons. The molecule has 1 aliphatic heterocycles. The maximum atomic E-state index is 13.7. The number of esters is 1. The molecular formula is C33H28Cl2N2O6S. The van der Waals surface area contributed by atoms with E-state index in [4.69, 9.17) is 32.4 Å². The molecule has 1 aromatic heterocycles. The zero-order valence-electron chi connectivity index (χ0n) is 24.1. The number of anilines is 1. The number of methoxy groups -OCH3 is 1. The van der Waals surface area contributed by atoms with Gasteiger partial charge < -0.3 is 9.15 Å². The third-order valence-corrected chi connectivity index (χ3v) is 9.30. The highest BCUT2D eigenvalue weighted by atomic mass is 35.5. The Hall–Kier alpha value is -4.15. The summed E-state index contributed by atoms with van der Waals surface area (Å²) in [5, 5.41) is 0.642. The molecule has 4 aromatic rings. The van der Waals surface area contributed by atoms with Crippen molar-refractivity contribution in [2.75, 3.05) is 12.0 Å². The van der Waals surface area contributed by atoms with E-state index >= 15 is 0 Å². The van der Waals surface area contributed by atoms with E-state index < -0.39 is 21.9 Å². The topological polar surface area (TPSA) is 97.1 Å². The van der Waals surface area contributed by atoms with Crippen molar-refractivity contribution in [1.82, 2.24) is 4.31 Å². The molecule has 0 saturated heterocycles. The van der Waals surface area contributed by atoms with Gasteiger partial charge in [-0.15, -0.1) is 0 Å². The van der Waals surface area contributed by atoms with E-state index in [-0.39, 0.29) is 34.9 Å². The summed E-state index contributed by atoms with van der Waals surface area (Å²) in [6, 6.07) is 23.8. The van der Waals surface area contributed by atoms with Gasteiger partial charge in [0.2, 0.25) is 10.0 Å². The van der Waals surface area contributed by atoms with Crippen molar-refractivity contribution in [2.24, 2.45) is 0 Å². The number of allylic oxidation sites excluding steroid dienone is 1. The fourth-order valence-electron chi connectivity index (χ4n) is 4.90. The highest BCUT2D eigenvalue weighted by Gasteiger charge is 2.38. The minimum Gasteiger partial charge on any atom is -0.465 e. The molecule has 226 valence electrons. The summed E-state index contributed by atoms with van der Waals surface area (Å²) in [6.07, 6.45) is 1.43. The average molecular weight is 652 g/mol. The van der Waals surface area contributed by atoms with Gasteiger partial charge >= 0.3 is 5.97 Å². The second-order valence-corrected chi connectivity index (χ2v) is 13.0. The number of aryl methyl sites for hydroxylation is 1. The predicted octanol–water partition coefficient (Wildman–Crippen LogP) is 7.16. The molecule has 0 unspecified atom stereocenters. The van der Waals surface area contributed by atoms with Gasteiger partial charge in [0.25, 0.3) is 5.91 Å². The van der Waals surface area contributed by atoms with Gasteiger partial charge in [-0.3, -0.25) is 9.69 Å². The molecule has 0 aliphatic carbocycles. The Balaban J connectivity index is 1.49. The van der Waals surface area contributed by atoms with E-state index in [9.17, 15) is 18.0 Å². The van der Waals surface area contributed by atoms with E-state index in [0.29, 0.717) is 27.2 Å². The van der Waals surface area contributed by atoms with Crippen LogP contribution >= 0.6 is 23.2 Å². The molecule has 0 fully saturated rings. The van der Waals surface area contributed by atoms with Crippen molar-refractivity contribution in [3.05, 3.63) is 134 Å². The molecule has 1 aliphatic rings. The molecule has 0 atom stereocenters. The first-order valence-corrected chi connectivity index (χ1v) is 15.7. The lowest BCUT2D eigenvalue weighted by atomic mass is 10.1. The highest BCUT2D eigenvalue weighted by Crippen LogP contribution is 2.37. The summed E-state index contributed by atoms with van der Waals surface area (Å²) < 4.78 is 39.8. The number of nitrogens with zero attached hydrogens (tertiary/aromatic N) is 2. The zero-order valence-corrected chi connectivity index (χ0v) is 26.4. The zero-order chi connectivity index (χ0) is 31.6. The van der Waals surface area contributed by atoms with Crippen LogP contribution in [0.2, 0.25) is 10.0 Å². The van der Waals surface area contributed by atoms with Crippen LogP contribution in [-0.2, 0) is 37.4 Å². The van der Waals surface area contributed by atoms with Crippen molar-refractivity contribution < 1.29 is 27.2 Å². The summed E-state index contributed by atoms with van der Waals surface area (Å²) in [4.78, 5) is 28.0. The van der Waals surface area contributed by atoms with Crippen LogP contribution in [0.1, 0.15) is 29.6 Å². The lowest BCUT2D eigenvalue weighted by Gasteiger charge is -2.21. The van der Waals surface area contributed by atoms with E-state index in [1.54, 1.807) is 55.5 Å². The van der Waals surface area contributed by atoms with Crippen molar-refractivity contribution in [3.63, 3.8) is 0 Å². The van der Waals surface area contributed by atoms with E-state index in [1.165, 1.54) is 28.5 Å². The number of halogens is 2. The molecule has 0 N–H and O–H groups in total. The van der Waals surface area contributed by atoms with Crippen LogP contribution in [0.4, 0.5) is 5.69 Å². The molecule has 2 heterocycles. The molecule has 0 saturated carbocycles. The van der Waals surface area contributed by atoms with Crippen LogP contribution in [0.25, 0.3) is 6.08 Å². The largest absolute Gasteiger partial charge is 0.465 e. The number of carbonyl (C=O) groups excluding carboxylic acids is 2. The van der Waals surface area contributed by atoms with Crippen LogP contribution in [0.5, 0.6) is 0 Å². The van der Waals surface area contributed by atoms with Gasteiger partial charge in [-0.1, -0.05) is 71.2 Å². The van der Waals surface area contributed by atoms with Crippen molar-refractivity contribution in [1.29, 1.82) is 0 Å². The molecule has 0 bridgehead atoms. The summed E-state index contributed by atoms with van der Waals surface area (Å²) in [7, 11) is -2.68. The molecule has 5 rings (SSSR count). The number of furan rings is 1. The Morgan fingerprint density at radius 2 is 1.59 bits per heavy atom. The van der Waals surface area contributed by atoms with E-state index in [2.05, 4.69) is 0 Å². The first kappa shape index (κ1) is 31.3. The SMILES string of the molecule is COC(=O)C1=C(C)N(c2cc(Cl)cc(Cl)c2)C(=O)/C1=C/c1ccc(CN(Cc2ccccc2)S(=O)(=O)c2ccc(C)cc2)o1. The normalized spacial score (nSPS) is 14.6. The van der Waals surface area contributed by atoms with Gasteiger partial charge in [-0.25, -0.2) is 13.2 Å². The highest BCUT2D eigenvalue weighted by molar-refractivity contribution is 7.89. The number of benzene rings is 3. The first-order valence-electron chi connectivity index (χ1n) is 13.5. The van der Waals surface area contributed by atoms with Crippen molar-refractivity contribution >= 4 is 56.9 Å². The number of ether oxygens (including phenoxy) is 1. The Bertz CT molecular complexity index is 1880. The van der Waals surface area contributed by atoms with Crippen LogP contribution in [0, 0.1) is 6.92 Å². The number of carbonyl (C=O) groups is 2. The molecule has 1 amide bonds. The molecule has 8 nitrogen and oxygen atoms in total. The summed E-state index contributed by atoms with van der Waals surface area (Å²) in [6.45, 7) is 3.54. The van der Waals surface area contributed by atoms with Crippen LogP contribution in [-0.4, -0.2) is 31.7 Å². The smallest absolute Gasteiger partial charge is 0.340 e. The van der Waals surface area contributed by atoms with Gasteiger partial charge in [0.05, 0.1) is 35.4 Å². The lowest BCUT2D eigenvalue weighted by molar-refractivity contribution is -0.136. The average Bonchev–Trinajstić information content (AvgIpc) is 3.53. The second kappa shape index (κ2) is 12.8. The van der Waals surface area contributed by atoms with Gasteiger partial charge in [-0.05, 0) is 68.0 Å². The fraction of sp³-hybridized carbons (Fsp3) is 0.152. The second-order valence-electron chi connectivity index (χ2n) is 10.2. The van der Waals surface area contributed by atoms with Crippen LogP contribution < -0.4 is 4.90 Å². The predicted molar refractivity (Wildman–Crippen MR) is 169 cm³/mol. The third kappa shape index (κ3) is 6.51. The Morgan fingerprint density at radius 3 is 2.23 bits per heavy atom. The Labute approximate surface area is 265 Å². The van der Waals surface area contributed by atoms with Crippen LogP contribution in [0.15, 0.2) is 111 Å². The number of amides is 1. The molecular weight excluding hydrogens is 623 g/mol. The third-order valence-electron chi connectivity index (χ3n) is 7.06. The molecule has 3 aromatic carbocycles. The monoisotopic (exact) mass is 650 g/mol. The lowest BCUT2D eigenvalue weighted by Crippen LogP contribution is -2.30. The van der Waals surface area contributed by atoms with Crippen molar-refractivity contribution in [2.45, 2.75) is 31.8 Å². The standard InChI is InChI=1S/C33H28Cl2N2O6S/c1-21-9-13-29(14-10-21)44(40,41)36(19-23-7-5-4-6-8-23)20-28-12-11-27(43-28)18-30-31(33(39)42-3)22(2)37(32(30)38)26-16-24(34)15-25(35)17-26/h4-18H,19-20H2,1-3H3/b30-18+. The number of hydrogen-bond donors (Lipinski definition) is 0. The summed E-state index contributed by atoms with van der Waals surface area (Å²) in [5.74, 6) is -0.627. The van der Waals surface area contributed by atoms with E-state index in [1.807, 2.05) is 37.3 Å². The maximum absolute atomic E-state index is 13.7. The summed E-state index contributed by atoms with van der Waals surface area (Å²) in [5.41, 5.74) is 2.55. The number of sulfonamides is 1. The Kier molecular flexibility index (Phi) is 9.12. The first-order chi connectivity index (χ1) is 21.0. The number of rotatable bonds is 9. The fourth-order valence-corrected chi connectivity index (χ4v) is 6.81. The number of hydrogen-bond acceptors (Lipinski definition) is 6. The Morgan fingerprint density at radius 1 is 0.932 bits per heavy atom. The van der Waals surface area contributed by atoms with Gasteiger partial charge in [0.1, 0.15) is 11.5 Å². The van der Waals surface area contributed by atoms with Crippen LogP contribution in [0.3, 0.4) is 0 Å². The van der Waals surface area contributed by atoms with E-state index in [0.717, 1.165) is 11.1 Å². The minimum atomic E-state index is -3.90. The van der Waals surface area contributed by atoms with Gasteiger partial charge in [-0.2, -0.15) is 4.31 Å².